The molecule has 31 heavy (non-hydrogen) atoms. The Kier molecular flexibility index (Phi) is 4.17. The van der Waals surface area contributed by atoms with E-state index in [1.54, 1.807) is 24.5 Å². The van der Waals surface area contributed by atoms with E-state index in [0.717, 1.165) is 16.5 Å². The number of aromatic nitrogens is 2. The van der Waals surface area contributed by atoms with Crippen molar-refractivity contribution in [2.45, 2.75) is 45.9 Å². The van der Waals surface area contributed by atoms with E-state index >= 15 is 0 Å². The molecule has 1 atom stereocenters. The molecule has 0 aliphatic carbocycles. The van der Waals surface area contributed by atoms with Gasteiger partial charge >= 0.3 is 5.97 Å². The van der Waals surface area contributed by atoms with Crippen molar-refractivity contribution in [3.8, 4) is 11.4 Å². The molecule has 0 spiro atoms. The molecule has 5 rings (SSSR count). The highest BCUT2D eigenvalue weighted by atomic mass is 19.1. The van der Waals surface area contributed by atoms with Crippen LogP contribution in [0.25, 0.3) is 28.4 Å². The number of allylic oxidation sites excluding steroid dienone is 1. The fourth-order valence-corrected chi connectivity index (χ4v) is 4.60. The highest BCUT2D eigenvalue weighted by Crippen LogP contribution is 2.39. The Morgan fingerprint density at radius 2 is 2.10 bits per heavy atom. The molecule has 3 aromatic rings. The van der Waals surface area contributed by atoms with Gasteiger partial charge in [-0.15, -0.1) is 0 Å². The third-order valence-electron chi connectivity index (χ3n) is 6.39. The molecule has 0 saturated carbocycles. The molecule has 158 valence electrons. The predicted molar refractivity (Wildman–Crippen MR) is 114 cm³/mol. The Labute approximate surface area is 177 Å². The van der Waals surface area contributed by atoms with E-state index in [4.69, 9.17) is 9.72 Å². The van der Waals surface area contributed by atoms with Crippen molar-refractivity contribution >= 4 is 22.9 Å². The zero-order valence-corrected chi connectivity index (χ0v) is 17.5. The summed E-state index contributed by atoms with van der Waals surface area (Å²) in [6, 6.07) is 5.00. The van der Waals surface area contributed by atoms with Gasteiger partial charge in [-0.1, -0.05) is 19.1 Å². The fourth-order valence-electron chi connectivity index (χ4n) is 4.60. The molecule has 0 fully saturated rings. The topological polar surface area (TPSA) is 81.4 Å². The van der Waals surface area contributed by atoms with Crippen LogP contribution in [0.15, 0.2) is 29.1 Å². The zero-order chi connectivity index (χ0) is 22.1. The van der Waals surface area contributed by atoms with Gasteiger partial charge in [0.25, 0.3) is 5.56 Å². The number of hydrogen-bond donors (Lipinski definition) is 1. The van der Waals surface area contributed by atoms with Gasteiger partial charge in [-0.25, -0.2) is 14.2 Å². The molecular weight excluding hydrogens is 399 g/mol. The number of ether oxygens (including phenoxy) is 1. The standard InChI is InChI=1S/C24H21FN2O4/c1-4-6-14-12(3)18(25)9-19-15(14)7-13-10-27-20(21(13)26-19)8-17-16(22(27)28)11-31-23(29)24(17,30)5-2/h4,6-9,30H,5,10-11H2,1-3H3/b6-4+/t24-/m0/s1. The van der Waals surface area contributed by atoms with Gasteiger partial charge < -0.3 is 14.4 Å². The smallest absolute Gasteiger partial charge is 0.343 e. The molecular formula is C24H21FN2O4. The van der Waals surface area contributed by atoms with E-state index in [1.807, 2.05) is 25.1 Å². The average molecular weight is 420 g/mol. The normalized spacial score (nSPS) is 19.5. The maximum Gasteiger partial charge on any atom is 0.343 e. The summed E-state index contributed by atoms with van der Waals surface area (Å²) in [5.41, 5.74) is 2.04. The maximum atomic E-state index is 14.5. The lowest BCUT2D eigenvalue weighted by molar-refractivity contribution is -0.172. The highest BCUT2D eigenvalue weighted by molar-refractivity contribution is 5.92. The first kappa shape index (κ1) is 19.6. The Bertz CT molecular complexity index is 1390. The molecule has 0 amide bonds. The first-order valence-electron chi connectivity index (χ1n) is 10.2. The van der Waals surface area contributed by atoms with Gasteiger partial charge in [-0.05, 0) is 43.5 Å². The SMILES string of the molecule is C/C=C/c1c(C)c(F)cc2nc3c(cc12)Cn1c-3cc2c(c1=O)COC(=O)[C@]2(O)CC. The average Bonchev–Trinajstić information content (AvgIpc) is 3.11. The van der Waals surface area contributed by atoms with E-state index in [1.165, 1.54) is 6.07 Å². The van der Waals surface area contributed by atoms with E-state index in [9.17, 15) is 19.1 Å². The quantitative estimate of drug-likeness (QED) is 0.502. The van der Waals surface area contributed by atoms with E-state index in [-0.39, 0.29) is 35.5 Å². The van der Waals surface area contributed by atoms with E-state index in [0.29, 0.717) is 29.0 Å². The van der Waals surface area contributed by atoms with E-state index < -0.39 is 11.6 Å². The second-order valence-electron chi connectivity index (χ2n) is 8.06. The maximum absolute atomic E-state index is 14.5. The summed E-state index contributed by atoms with van der Waals surface area (Å²) in [6.45, 7) is 5.40. The van der Waals surface area contributed by atoms with Crippen molar-refractivity contribution in [1.29, 1.82) is 0 Å². The number of rotatable bonds is 2. The van der Waals surface area contributed by atoms with Crippen LogP contribution in [0, 0.1) is 12.7 Å². The molecule has 1 aromatic carbocycles. The second kappa shape index (κ2) is 6.59. The molecule has 7 heteroatoms. The number of aliphatic hydroxyl groups is 1. The Hall–Kier alpha value is -3.32. The third kappa shape index (κ3) is 2.56. The van der Waals surface area contributed by atoms with Gasteiger partial charge in [0.05, 0.1) is 29.0 Å². The van der Waals surface area contributed by atoms with Crippen molar-refractivity contribution in [1.82, 2.24) is 9.55 Å². The summed E-state index contributed by atoms with van der Waals surface area (Å²) in [4.78, 5) is 30.2. The van der Waals surface area contributed by atoms with E-state index in [2.05, 4.69) is 0 Å². The Balaban J connectivity index is 1.80. The molecule has 2 aliphatic heterocycles. The second-order valence-corrected chi connectivity index (χ2v) is 8.06. The molecule has 0 bridgehead atoms. The number of nitrogens with zero attached hydrogens (tertiary/aromatic N) is 2. The van der Waals surface area contributed by atoms with Gasteiger partial charge in [0, 0.05) is 22.6 Å². The number of halogens is 1. The Morgan fingerprint density at radius 3 is 2.81 bits per heavy atom. The number of carbonyl (C=O) groups excluding carboxylic acids is 1. The summed E-state index contributed by atoms with van der Waals surface area (Å²) in [5.74, 6) is -1.11. The van der Waals surface area contributed by atoms with Crippen LogP contribution < -0.4 is 5.56 Å². The molecule has 1 N–H and O–H groups in total. The summed E-state index contributed by atoms with van der Waals surface area (Å²) < 4.78 is 21.2. The van der Waals surface area contributed by atoms with Crippen LogP contribution in [0.4, 0.5) is 4.39 Å². The highest BCUT2D eigenvalue weighted by Gasteiger charge is 2.45. The number of benzene rings is 1. The van der Waals surface area contributed by atoms with Gasteiger partial charge in [-0.2, -0.15) is 0 Å². The number of hydrogen-bond acceptors (Lipinski definition) is 5. The monoisotopic (exact) mass is 420 g/mol. The van der Waals surface area contributed by atoms with Crippen LogP contribution in [-0.4, -0.2) is 20.6 Å². The van der Waals surface area contributed by atoms with Gasteiger partial charge in [-0.3, -0.25) is 4.79 Å². The minimum Gasteiger partial charge on any atom is -0.458 e. The first-order chi connectivity index (χ1) is 14.8. The van der Waals surface area contributed by atoms with Gasteiger partial charge in [0.1, 0.15) is 12.4 Å². The van der Waals surface area contributed by atoms with Crippen LogP contribution >= 0.6 is 0 Å². The Morgan fingerprint density at radius 1 is 1.32 bits per heavy atom. The summed E-state index contributed by atoms with van der Waals surface area (Å²) in [7, 11) is 0. The van der Waals surface area contributed by atoms with Gasteiger partial charge in [0.2, 0.25) is 0 Å². The van der Waals surface area contributed by atoms with Crippen LogP contribution in [0.3, 0.4) is 0 Å². The minimum atomic E-state index is -1.87. The molecule has 0 radical (unpaired) electrons. The van der Waals surface area contributed by atoms with Crippen molar-refractivity contribution in [3.63, 3.8) is 0 Å². The molecule has 0 unspecified atom stereocenters. The lowest BCUT2D eigenvalue weighted by atomic mass is 9.86. The van der Waals surface area contributed by atoms with Crippen molar-refractivity contribution < 1.29 is 19.0 Å². The summed E-state index contributed by atoms with van der Waals surface area (Å²) in [6.07, 6.45) is 3.79. The lowest BCUT2D eigenvalue weighted by Gasteiger charge is -2.31. The summed E-state index contributed by atoms with van der Waals surface area (Å²) in [5, 5.41) is 11.7. The largest absolute Gasteiger partial charge is 0.458 e. The minimum absolute atomic E-state index is 0.0803. The zero-order valence-electron chi connectivity index (χ0n) is 17.5. The van der Waals surface area contributed by atoms with Crippen molar-refractivity contribution in [3.05, 3.63) is 68.3 Å². The predicted octanol–water partition coefficient (Wildman–Crippen LogP) is 3.56. The molecule has 2 aromatic heterocycles. The number of carbonyl (C=O) groups is 1. The number of pyridine rings is 2. The van der Waals surface area contributed by atoms with Crippen molar-refractivity contribution in [2.75, 3.05) is 0 Å². The van der Waals surface area contributed by atoms with Crippen LogP contribution in [0.2, 0.25) is 0 Å². The molecule has 0 saturated heterocycles. The van der Waals surface area contributed by atoms with Crippen LogP contribution in [-0.2, 0) is 28.3 Å². The van der Waals surface area contributed by atoms with Crippen molar-refractivity contribution in [2.24, 2.45) is 0 Å². The lowest BCUT2D eigenvalue weighted by Crippen LogP contribution is -2.44. The number of fused-ring (bicyclic) bond motifs is 5. The fraction of sp³-hybridized carbons (Fsp3) is 0.292. The first-order valence-corrected chi connectivity index (χ1v) is 10.2. The van der Waals surface area contributed by atoms with Crippen LogP contribution in [0.5, 0.6) is 0 Å². The number of esters is 1. The summed E-state index contributed by atoms with van der Waals surface area (Å²) >= 11 is 0. The molecule has 2 aliphatic rings. The molecule has 4 heterocycles. The molecule has 6 nitrogen and oxygen atoms in total. The number of cyclic esters (lactones) is 1. The third-order valence-corrected chi connectivity index (χ3v) is 6.39. The van der Waals surface area contributed by atoms with Gasteiger partial charge in [0.15, 0.2) is 5.60 Å². The van der Waals surface area contributed by atoms with Crippen LogP contribution in [0.1, 0.15) is 48.1 Å².